The Morgan fingerprint density at radius 3 is 2.65 bits per heavy atom. The summed E-state index contributed by atoms with van der Waals surface area (Å²) in [5.74, 6) is -0.400. The van der Waals surface area contributed by atoms with Crippen molar-refractivity contribution in [1.82, 2.24) is 16.0 Å². The molecule has 0 aromatic heterocycles. The molecule has 0 fully saturated rings. The molecule has 0 spiro atoms. The minimum absolute atomic E-state index is 0.0322. The van der Waals surface area contributed by atoms with Crippen LogP contribution in [0.2, 0.25) is 0 Å². The van der Waals surface area contributed by atoms with Gasteiger partial charge in [-0.3, -0.25) is 9.59 Å². The number of hydrogen-bond donors (Lipinski definition) is 3. The highest BCUT2D eigenvalue weighted by Crippen LogP contribution is 1.91. The van der Waals surface area contributed by atoms with Crippen molar-refractivity contribution in [3.05, 3.63) is 11.8 Å². The van der Waals surface area contributed by atoms with Crippen LogP contribution in [0.25, 0.3) is 0 Å². The second-order valence-electron chi connectivity index (χ2n) is 3.86. The first kappa shape index (κ1) is 17.9. The molecule has 0 unspecified atom stereocenters. The second-order valence-corrected chi connectivity index (χ2v) is 3.86. The summed E-state index contributed by atoms with van der Waals surface area (Å²) in [6, 6.07) is 1.84. The van der Waals surface area contributed by atoms with Gasteiger partial charge in [0.2, 0.25) is 6.41 Å². The number of hydrogen-bond acceptors (Lipinski definition) is 5. The SMILES string of the molecule is CCOCCCNC(=O)/C(C#N)=C\NCCCNC=O. The molecule has 0 aromatic rings. The van der Waals surface area contributed by atoms with Crippen LogP contribution in [0.1, 0.15) is 19.8 Å². The van der Waals surface area contributed by atoms with E-state index in [1.54, 1.807) is 0 Å². The number of nitrogens with zero attached hydrogens (tertiary/aromatic N) is 1. The minimum atomic E-state index is -0.400. The molecule has 0 aliphatic heterocycles. The Morgan fingerprint density at radius 1 is 1.25 bits per heavy atom. The van der Waals surface area contributed by atoms with Gasteiger partial charge in [-0.05, 0) is 19.8 Å². The van der Waals surface area contributed by atoms with Crippen molar-refractivity contribution >= 4 is 12.3 Å². The lowest BCUT2D eigenvalue weighted by molar-refractivity contribution is -0.117. The molecule has 0 atom stereocenters. The van der Waals surface area contributed by atoms with Crippen molar-refractivity contribution in [2.24, 2.45) is 0 Å². The fourth-order valence-corrected chi connectivity index (χ4v) is 1.29. The third kappa shape index (κ3) is 9.91. The maximum atomic E-state index is 11.6. The van der Waals surface area contributed by atoms with Gasteiger partial charge in [0.25, 0.3) is 5.91 Å². The summed E-state index contributed by atoms with van der Waals surface area (Å²) in [6.07, 6.45) is 3.44. The smallest absolute Gasteiger partial charge is 0.263 e. The highest BCUT2D eigenvalue weighted by Gasteiger charge is 2.07. The molecular formula is C13H22N4O3. The van der Waals surface area contributed by atoms with Gasteiger partial charge < -0.3 is 20.7 Å². The van der Waals surface area contributed by atoms with Crippen LogP contribution >= 0.6 is 0 Å². The predicted molar refractivity (Wildman–Crippen MR) is 74.5 cm³/mol. The Kier molecular flexibility index (Phi) is 12.0. The normalized spacial score (nSPS) is 10.5. The first-order valence-corrected chi connectivity index (χ1v) is 6.62. The molecule has 0 bridgehead atoms. The first-order chi connectivity index (χ1) is 9.76. The molecule has 0 rings (SSSR count). The highest BCUT2D eigenvalue weighted by atomic mass is 16.5. The lowest BCUT2D eigenvalue weighted by Gasteiger charge is -2.05. The molecule has 0 saturated carbocycles. The van der Waals surface area contributed by atoms with Crippen molar-refractivity contribution in [2.45, 2.75) is 19.8 Å². The van der Waals surface area contributed by atoms with Crippen molar-refractivity contribution in [2.75, 3.05) is 32.8 Å². The van der Waals surface area contributed by atoms with E-state index in [-0.39, 0.29) is 5.57 Å². The summed E-state index contributed by atoms with van der Waals surface area (Å²) >= 11 is 0. The third-order valence-corrected chi connectivity index (χ3v) is 2.29. The predicted octanol–water partition coefficient (Wildman–Crippen LogP) is -0.338. The van der Waals surface area contributed by atoms with Gasteiger partial charge in [-0.15, -0.1) is 0 Å². The van der Waals surface area contributed by atoms with Crippen LogP contribution in [0.4, 0.5) is 0 Å². The maximum Gasteiger partial charge on any atom is 0.263 e. The summed E-state index contributed by atoms with van der Waals surface area (Å²) < 4.78 is 5.14. The van der Waals surface area contributed by atoms with Crippen LogP contribution in [0.15, 0.2) is 11.8 Å². The number of nitrogens with one attached hydrogen (secondary N) is 3. The lowest BCUT2D eigenvalue weighted by Crippen LogP contribution is -2.27. The second kappa shape index (κ2) is 13.4. The molecule has 112 valence electrons. The molecule has 2 amide bonds. The van der Waals surface area contributed by atoms with E-state index < -0.39 is 5.91 Å². The fourth-order valence-electron chi connectivity index (χ4n) is 1.29. The van der Waals surface area contributed by atoms with E-state index in [0.29, 0.717) is 52.1 Å². The number of carbonyl (C=O) groups is 2. The number of rotatable bonds is 12. The standard InChI is InChI=1S/C13H22N4O3/c1-2-20-8-4-7-17-13(19)12(9-14)10-15-5-3-6-16-11-18/h10-11,15H,2-8H2,1H3,(H,16,18)(H,17,19)/b12-10-. The van der Waals surface area contributed by atoms with Crippen molar-refractivity contribution in [1.29, 1.82) is 5.26 Å². The number of amides is 2. The number of ether oxygens (including phenoxy) is 1. The van der Waals surface area contributed by atoms with Crippen molar-refractivity contribution in [3.63, 3.8) is 0 Å². The van der Waals surface area contributed by atoms with Gasteiger partial charge in [-0.1, -0.05) is 0 Å². The Balaban J connectivity index is 3.83. The molecule has 7 heteroatoms. The fraction of sp³-hybridized carbons (Fsp3) is 0.615. The van der Waals surface area contributed by atoms with Crippen LogP contribution in [-0.2, 0) is 14.3 Å². The van der Waals surface area contributed by atoms with Gasteiger partial charge in [-0.2, -0.15) is 5.26 Å². The Bertz CT molecular complexity index is 350. The topological polar surface area (TPSA) is 103 Å². The zero-order valence-corrected chi connectivity index (χ0v) is 11.8. The first-order valence-electron chi connectivity index (χ1n) is 6.62. The van der Waals surface area contributed by atoms with Crippen LogP contribution in [0.5, 0.6) is 0 Å². The van der Waals surface area contributed by atoms with Gasteiger partial charge in [0.05, 0.1) is 0 Å². The average Bonchev–Trinajstić information content (AvgIpc) is 2.46. The van der Waals surface area contributed by atoms with Gasteiger partial charge in [0.1, 0.15) is 11.6 Å². The molecular weight excluding hydrogens is 260 g/mol. The summed E-state index contributed by atoms with van der Waals surface area (Å²) in [5.41, 5.74) is 0.0322. The van der Waals surface area contributed by atoms with E-state index in [1.807, 2.05) is 13.0 Å². The van der Waals surface area contributed by atoms with Crippen LogP contribution in [0, 0.1) is 11.3 Å². The highest BCUT2D eigenvalue weighted by molar-refractivity contribution is 5.97. The molecule has 0 heterocycles. The van der Waals surface area contributed by atoms with E-state index in [0.717, 1.165) is 0 Å². The van der Waals surface area contributed by atoms with E-state index in [1.165, 1.54) is 6.20 Å². The number of carbonyl (C=O) groups excluding carboxylic acids is 2. The molecule has 0 radical (unpaired) electrons. The van der Waals surface area contributed by atoms with Crippen LogP contribution < -0.4 is 16.0 Å². The third-order valence-electron chi connectivity index (χ3n) is 2.29. The minimum Gasteiger partial charge on any atom is -0.390 e. The largest absolute Gasteiger partial charge is 0.390 e. The summed E-state index contributed by atoms with van der Waals surface area (Å²) in [7, 11) is 0. The molecule has 3 N–H and O–H groups in total. The molecule has 0 saturated heterocycles. The Labute approximate surface area is 119 Å². The van der Waals surface area contributed by atoms with Gasteiger partial charge in [-0.25, -0.2) is 0 Å². The summed E-state index contributed by atoms with van der Waals surface area (Å²) in [5, 5.41) is 16.9. The zero-order valence-electron chi connectivity index (χ0n) is 11.8. The molecule has 0 aromatic carbocycles. The van der Waals surface area contributed by atoms with Crippen molar-refractivity contribution in [3.8, 4) is 6.07 Å². The van der Waals surface area contributed by atoms with E-state index in [9.17, 15) is 9.59 Å². The zero-order chi connectivity index (χ0) is 15.1. The summed E-state index contributed by atoms with van der Waals surface area (Å²) in [4.78, 5) is 21.6. The Morgan fingerprint density at radius 2 is 2.00 bits per heavy atom. The van der Waals surface area contributed by atoms with Gasteiger partial charge >= 0.3 is 0 Å². The van der Waals surface area contributed by atoms with Crippen LogP contribution in [0.3, 0.4) is 0 Å². The van der Waals surface area contributed by atoms with Gasteiger partial charge in [0.15, 0.2) is 0 Å². The maximum absolute atomic E-state index is 11.6. The Hall–Kier alpha value is -2.07. The quantitative estimate of drug-likeness (QED) is 0.197. The molecule has 0 aliphatic carbocycles. The summed E-state index contributed by atoms with van der Waals surface area (Å²) in [6.45, 7) is 4.75. The van der Waals surface area contributed by atoms with E-state index >= 15 is 0 Å². The van der Waals surface area contributed by atoms with E-state index in [2.05, 4.69) is 16.0 Å². The molecule has 0 aliphatic rings. The van der Waals surface area contributed by atoms with Crippen molar-refractivity contribution < 1.29 is 14.3 Å². The van der Waals surface area contributed by atoms with Crippen LogP contribution in [-0.4, -0.2) is 45.2 Å². The monoisotopic (exact) mass is 282 g/mol. The van der Waals surface area contributed by atoms with Gasteiger partial charge in [0, 0.05) is 39.0 Å². The molecule has 7 nitrogen and oxygen atoms in total. The number of nitriles is 1. The molecule has 20 heavy (non-hydrogen) atoms. The lowest BCUT2D eigenvalue weighted by atomic mass is 10.3. The average molecular weight is 282 g/mol. The van der Waals surface area contributed by atoms with E-state index in [4.69, 9.17) is 10.00 Å².